The minimum Gasteiger partial charge on any atom is -0.244 e. The molecule has 0 aliphatic rings. The van der Waals surface area contributed by atoms with Gasteiger partial charge >= 0.3 is 0 Å². The predicted molar refractivity (Wildman–Crippen MR) is 74.5 cm³/mol. The van der Waals surface area contributed by atoms with E-state index in [-0.39, 0.29) is 0 Å². The second-order valence-corrected chi connectivity index (χ2v) is 4.89. The first-order chi connectivity index (χ1) is 7.71. The minimum atomic E-state index is -0.783. The number of aliphatic imine (C=N–C) groups is 1. The Bertz CT molecular complexity index is 453. The van der Waals surface area contributed by atoms with Gasteiger partial charge in [-0.3, -0.25) is 0 Å². The molecular weight excluding hydrogens is 333 g/mol. The van der Waals surface area contributed by atoms with E-state index >= 15 is 0 Å². The van der Waals surface area contributed by atoms with Crippen LogP contribution in [0.15, 0.2) is 29.3 Å². The molecule has 0 aliphatic heterocycles. The quantitative estimate of drug-likeness (QED) is 0.471. The topological polar surface area (TPSA) is 59.9 Å². The molecule has 0 aromatic heterocycles. The maximum Gasteiger partial charge on any atom is 0.181 e. The average molecular weight is 341 g/mol. The summed E-state index contributed by atoms with van der Waals surface area (Å²) in [6.07, 6.45) is 1.81. The van der Waals surface area contributed by atoms with Gasteiger partial charge in [-0.1, -0.05) is 0 Å². The zero-order valence-electron chi connectivity index (χ0n) is 8.51. The molecule has 3 nitrogen and oxygen atoms in total. The van der Waals surface area contributed by atoms with Crippen molar-refractivity contribution in [3.05, 3.63) is 27.8 Å². The SMILES string of the molecule is CSC(=Nc1ccc(I)cc1)C(C#N)C#N. The van der Waals surface area contributed by atoms with Crippen molar-refractivity contribution in [1.82, 2.24) is 0 Å². The summed E-state index contributed by atoms with van der Waals surface area (Å²) < 4.78 is 1.12. The monoisotopic (exact) mass is 341 g/mol. The lowest BCUT2D eigenvalue weighted by molar-refractivity contribution is 1.17. The van der Waals surface area contributed by atoms with Gasteiger partial charge in [-0.05, 0) is 53.1 Å². The van der Waals surface area contributed by atoms with Crippen molar-refractivity contribution in [2.75, 3.05) is 6.26 Å². The average Bonchev–Trinajstić information content (AvgIpc) is 2.32. The summed E-state index contributed by atoms with van der Waals surface area (Å²) >= 11 is 3.54. The predicted octanol–water partition coefficient (Wildman–Crippen LogP) is 3.35. The van der Waals surface area contributed by atoms with Gasteiger partial charge in [0.05, 0.1) is 17.8 Å². The standard InChI is InChI=1S/C11H8IN3S/c1-16-11(8(6-13)7-14)15-10-4-2-9(12)3-5-10/h2-5,8H,1H3. The first-order valence-corrected chi connectivity index (χ1v) is 6.69. The fourth-order valence-corrected chi connectivity index (χ4v) is 1.91. The van der Waals surface area contributed by atoms with E-state index in [1.54, 1.807) is 0 Å². The molecule has 0 amide bonds. The number of nitriles is 2. The number of rotatable bonds is 2. The van der Waals surface area contributed by atoms with Crippen molar-refractivity contribution in [2.24, 2.45) is 10.9 Å². The molecule has 0 saturated heterocycles. The Balaban J connectivity index is 3.02. The molecule has 0 unspecified atom stereocenters. The van der Waals surface area contributed by atoms with E-state index in [0.717, 1.165) is 9.26 Å². The van der Waals surface area contributed by atoms with Crippen LogP contribution in [0.25, 0.3) is 0 Å². The molecule has 0 spiro atoms. The molecule has 0 N–H and O–H groups in total. The summed E-state index contributed by atoms with van der Waals surface area (Å²) in [5.74, 6) is -0.783. The smallest absolute Gasteiger partial charge is 0.181 e. The van der Waals surface area contributed by atoms with Crippen LogP contribution in [0.3, 0.4) is 0 Å². The Hall–Kier alpha value is -1.05. The highest BCUT2D eigenvalue weighted by molar-refractivity contribution is 14.1. The van der Waals surface area contributed by atoms with Gasteiger partial charge in [0.1, 0.15) is 5.04 Å². The van der Waals surface area contributed by atoms with E-state index in [1.807, 2.05) is 42.7 Å². The van der Waals surface area contributed by atoms with Crippen LogP contribution in [0.4, 0.5) is 5.69 Å². The van der Waals surface area contributed by atoms with Gasteiger partial charge < -0.3 is 0 Å². The number of hydrogen-bond acceptors (Lipinski definition) is 4. The first-order valence-electron chi connectivity index (χ1n) is 4.38. The summed E-state index contributed by atoms with van der Waals surface area (Å²) in [7, 11) is 0. The highest BCUT2D eigenvalue weighted by Crippen LogP contribution is 2.19. The zero-order valence-corrected chi connectivity index (χ0v) is 11.5. The van der Waals surface area contributed by atoms with Crippen molar-refractivity contribution in [3.8, 4) is 12.1 Å². The van der Waals surface area contributed by atoms with Gasteiger partial charge in [0.25, 0.3) is 0 Å². The third-order valence-electron chi connectivity index (χ3n) is 1.78. The Morgan fingerprint density at radius 3 is 2.31 bits per heavy atom. The Morgan fingerprint density at radius 2 is 1.88 bits per heavy atom. The molecule has 1 aromatic carbocycles. The van der Waals surface area contributed by atoms with Crippen LogP contribution < -0.4 is 0 Å². The van der Waals surface area contributed by atoms with Crippen molar-refractivity contribution in [1.29, 1.82) is 10.5 Å². The molecular formula is C11H8IN3S. The molecule has 16 heavy (non-hydrogen) atoms. The molecule has 0 aliphatic carbocycles. The fraction of sp³-hybridized carbons (Fsp3) is 0.182. The van der Waals surface area contributed by atoms with Gasteiger partial charge in [-0.2, -0.15) is 10.5 Å². The number of halogens is 1. The van der Waals surface area contributed by atoms with Gasteiger partial charge in [0.2, 0.25) is 0 Å². The third kappa shape index (κ3) is 3.51. The highest BCUT2D eigenvalue weighted by Gasteiger charge is 2.13. The minimum absolute atomic E-state index is 0.534. The molecule has 1 aromatic rings. The Morgan fingerprint density at radius 1 is 1.31 bits per heavy atom. The van der Waals surface area contributed by atoms with E-state index in [0.29, 0.717) is 5.04 Å². The summed E-state index contributed by atoms with van der Waals surface area (Å²) in [5.41, 5.74) is 0.764. The molecule has 80 valence electrons. The van der Waals surface area contributed by atoms with Crippen LogP contribution in [-0.4, -0.2) is 11.3 Å². The third-order valence-corrected chi connectivity index (χ3v) is 3.24. The Labute approximate surface area is 112 Å². The molecule has 0 saturated carbocycles. The molecule has 0 bridgehead atoms. The summed E-state index contributed by atoms with van der Waals surface area (Å²) in [5, 5.41) is 18.1. The van der Waals surface area contributed by atoms with Gasteiger partial charge in [0.15, 0.2) is 5.92 Å². The number of thioether (sulfide) groups is 1. The van der Waals surface area contributed by atoms with Crippen molar-refractivity contribution in [2.45, 2.75) is 0 Å². The maximum atomic E-state index is 8.78. The van der Waals surface area contributed by atoms with Gasteiger partial charge in [-0.25, -0.2) is 4.99 Å². The molecule has 0 fully saturated rings. The lowest BCUT2D eigenvalue weighted by Crippen LogP contribution is -2.05. The number of nitrogens with zero attached hydrogens (tertiary/aromatic N) is 3. The van der Waals surface area contributed by atoms with Gasteiger partial charge in [-0.15, -0.1) is 11.8 Å². The summed E-state index contributed by atoms with van der Waals surface area (Å²) in [6, 6.07) is 11.4. The summed E-state index contributed by atoms with van der Waals surface area (Å²) in [4.78, 5) is 4.29. The van der Waals surface area contributed by atoms with E-state index in [9.17, 15) is 0 Å². The second kappa shape index (κ2) is 6.51. The van der Waals surface area contributed by atoms with E-state index in [4.69, 9.17) is 10.5 Å². The second-order valence-electron chi connectivity index (χ2n) is 2.82. The van der Waals surface area contributed by atoms with Crippen LogP contribution in [-0.2, 0) is 0 Å². The van der Waals surface area contributed by atoms with Crippen molar-refractivity contribution < 1.29 is 0 Å². The molecule has 0 heterocycles. The van der Waals surface area contributed by atoms with Crippen molar-refractivity contribution >= 4 is 45.1 Å². The zero-order chi connectivity index (χ0) is 12.0. The molecule has 0 radical (unpaired) electrons. The van der Waals surface area contributed by atoms with Gasteiger partial charge in [0, 0.05) is 3.57 Å². The fourth-order valence-electron chi connectivity index (χ4n) is 1.01. The number of benzene rings is 1. The normalized spacial score (nSPS) is 10.9. The van der Waals surface area contributed by atoms with Crippen LogP contribution in [0.2, 0.25) is 0 Å². The van der Waals surface area contributed by atoms with Crippen LogP contribution in [0.5, 0.6) is 0 Å². The van der Waals surface area contributed by atoms with E-state index < -0.39 is 5.92 Å². The van der Waals surface area contributed by atoms with E-state index in [2.05, 4.69) is 27.6 Å². The van der Waals surface area contributed by atoms with E-state index in [1.165, 1.54) is 11.8 Å². The maximum absolute atomic E-state index is 8.78. The highest BCUT2D eigenvalue weighted by atomic mass is 127. The molecule has 5 heteroatoms. The lowest BCUT2D eigenvalue weighted by Gasteiger charge is -2.02. The van der Waals surface area contributed by atoms with Crippen molar-refractivity contribution in [3.63, 3.8) is 0 Å². The van der Waals surface area contributed by atoms with Crippen LogP contribution >= 0.6 is 34.4 Å². The Kier molecular flexibility index (Phi) is 5.30. The molecule has 1 rings (SSSR count). The summed E-state index contributed by atoms with van der Waals surface area (Å²) in [6.45, 7) is 0. The lowest BCUT2D eigenvalue weighted by atomic mass is 10.2. The first kappa shape index (κ1) is 13.0. The number of hydrogen-bond donors (Lipinski definition) is 0. The van der Waals surface area contributed by atoms with Crippen LogP contribution in [0.1, 0.15) is 0 Å². The van der Waals surface area contributed by atoms with Crippen LogP contribution in [0, 0.1) is 32.2 Å². The molecule has 0 atom stereocenters. The largest absolute Gasteiger partial charge is 0.244 e.